The van der Waals surface area contributed by atoms with Crippen molar-refractivity contribution in [1.29, 1.82) is 0 Å². The average Bonchev–Trinajstić information content (AvgIpc) is 2.87. The lowest BCUT2D eigenvalue weighted by atomic mass is 10.1. The molecule has 35 heavy (non-hydrogen) atoms. The van der Waals surface area contributed by atoms with Gasteiger partial charge in [-0.25, -0.2) is 4.79 Å². The molecule has 0 radical (unpaired) electrons. The molecule has 1 aliphatic heterocycles. The van der Waals surface area contributed by atoms with Gasteiger partial charge in [0.05, 0.1) is 58.9 Å². The van der Waals surface area contributed by atoms with Crippen molar-refractivity contribution in [3.63, 3.8) is 0 Å². The second-order valence-corrected chi connectivity index (χ2v) is 8.69. The first-order chi connectivity index (χ1) is 17.1. The molecule has 0 bridgehead atoms. The zero-order valence-corrected chi connectivity index (χ0v) is 20.6. The fraction of sp³-hybridized carbons (Fsp3) is 0.519. The summed E-state index contributed by atoms with van der Waals surface area (Å²) in [6, 6.07) is 20.2. The normalized spacial score (nSPS) is 18.6. The van der Waals surface area contributed by atoms with Gasteiger partial charge in [0.1, 0.15) is 0 Å². The van der Waals surface area contributed by atoms with Gasteiger partial charge in [0.15, 0.2) is 0 Å². The molecule has 8 heteroatoms. The van der Waals surface area contributed by atoms with E-state index in [1.807, 2.05) is 55.5 Å². The monoisotopic (exact) mass is 486 g/mol. The van der Waals surface area contributed by atoms with E-state index in [-0.39, 0.29) is 12.1 Å². The van der Waals surface area contributed by atoms with Gasteiger partial charge in [0.2, 0.25) is 0 Å². The van der Waals surface area contributed by atoms with Crippen LogP contribution in [-0.4, -0.2) is 92.4 Å². The third kappa shape index (κ3) is 9.95. The van der Waals surface area contributed by atoms with E-state index < -0.39 is 6.09 Å². The topological polar surface area (TPSA) is 80.7 Å². The van der Waals surface area contributed by atoms with Gasteiger partial charge in [-0.3, -0.25) is 4.90 Å². The molecule has 2 aromatic carbocycles. The predicted octanol–water partition coefficient (Wildman–Crippen LogP) is 3.51. The van der Waals surface area contributed by atoms with Crippen LogP contribution in [0.2, 0.25) is 0 Å². The van der Waals surface area contributed by atoms with Crippen molar-refractivity contribution >= 4 is 6.09 Å². The number of benzene rings is 2. The van der Waals surface area contributed by atoms with E-state index in [0.717, 1.165) is 12.1 Å². The summed E-state index contributed by atoms with van der Waals surface area (Å²) in [7, 11) is 0. The molecule has 192 valence electrons. The first-order valence-corrected chi connectivity index (χ1v) is 12.3. The number of hydrogen-bond donors (Lipinski definition) is 1. The Morgan fingerprint density at radius 2 is 1.34 bits per heavy atom. The molecule has 0 saturated carbocycles. The maximum atomic E-state index is 11.6. The van der Waals surface area contributed by atoms with Crippen LogP contribution in [0.25, 0.3) is 0 Å². The molecule has 2 aromatic rings. The Morgan fingerprint density at radius 1 is 0.800 bits per heavy atom. The molecule has 0 aromatic heterocycles. The summed E-state index contributed by atoms with van der Waals surface area (Å²) >= 11 is 0. The Kier molecular flexibility index (Phi) is 12.0. The predicted molar refractivity (Wildman–Crippen MR) is 133 cm³/mol. The minimum absolute atomic E-state index is 0.00160. The SMILES string of the molecule is C[C@@H]1CN(Cc2ccccc2)[C@@H](COCCOCCOCCOCc2ccccc2)CN1C(=O)O. The Labute approximate surface area is 208 Å². The summed E-state index contributed by atoms with van der Waals surface area (Å²) in [5.74, 6) is 0. The molecule has 1 heterocycles. The molecule has 2 atom stereocenters. The van der Waals surface area contributed by atoms with Crippen LogP contribution in [0.4, 0.5) is 4.79 Å². The number of piperazine rings is 1. The van der Waals surface area contributed by atoms with Gasteiger partial charge < -0.3 is 29.0 Å². The van der Waals surface area contributed by atoms with E-state index >= 15 is 0 Å². The fourth-order valence-corrected chi connectivity index (χ4v) is 4.09. The van der Waals surface area contributed by atoms with Crippen molar-refractivity contribution < 1.29 is 28.8 Å². The molecule has 8 nitrogen and oxygen atoms in total. The second kappa shape index (κ2) is 15.5. The molecule has 1 amide bonds. The van der Waals surface area contributed by atoms with Gasteiger partial charge in [0, 0.05) is 25.7 Å². The highest BCUT2D eigenvalue weighted by Gasteiger charge is 2.34. The van der Waals surface area contributed by atoms with Gasteiger partial charge in [-0.1, -0.05) is 60.7 Å². The lowest BCUT2D eigenvalue weighted by molar-refractivity contribution is -0.0313. The number of nitrogens with zero attached hydrogens (tertiary/aromatic N) is 2. The minimum Gasteiger partial charge on any atom is -0.465 e. The van der Waals surface area contributed by atoms with Gasteiger partial charge >= 0.3 is 6.09 Å². The molecule has 0 aliphatic carbocycles. The Balaban J connectivity index is 1.26. The number of carbonyl (C=O) groups is 1. The molecule has 1 saturated heterocycles. The maximum absolute atomic E-state index is 11.6. The standard InChI is InChI=1S/C27H38N2O6/c1-23-18-28(19-24-8-4-2-5-9-24)26(20-29(23)27(30)31)22-35-17-15-33-13-12-32-14-16-34-21-25-10-6-3-7-11-25/h2-11,23,26H,12-22H2,1H3,(H,30,31)/t23-,26-/m1/s1. The Hall–Kier alpha value is -2.49. The van der Waals surface area contributed by atoms with Crippen LogP contribution in [0, 0.1) is 0 Å². The second-order valence-electron chi connectivity index (χ2n) is 8.69. The van der Waals surface area contributed by atoms with E-state index in [1.165, 1.54) is 10.5 Å². The van der Waals surface area contributed by atoms with Crippen LogP contribution in [0.15, 0.2) is 60.7 Å². The first-order valence-electron chi connectivity index (χ1n) is 12.3. The van der Waals surface area contributed by atoms with E-state index in [2.05, 4.69) is 17.0 Å². The summed E-state index contributed by atoms with van der Waals surface area (Å²) in [6.45, 7) is 7.90. The summed E-state index contributed by atoms with van der Waals surface area (Å²) < 4.78 is 22.6. The molecular weight excluding hydrogens is 448 g/mol. The lowest BCUT2D eigenvalue weighted by Crippen LogP contribution is -2.59. The summed E-state index contributed by atoms with van der Waals surface area (Å²) in [6.07, 6.45) is -0.879. The number of carboxylic acid groups (broad SMARTS) is 1. The molecule has 0 spiro atoms. The van der Waals surface area contributed by atoms with Crippen molar-refractivity contribution in [3.8, 4) is 0 Å². The quantitative estimate of drug-likeness (QED) is 0.386. The molecule has 1 aliphatic rings. The van der Waals surface area contributed by atoms with Crippen molar-refractivity contribution in [1.82, 2.24) is 9.80 Å². The Morgan fingerprint density at radius 3 is 1.94 bits per heavy atom. The maximum Gasteiger partial charge on any atom is 0.407 e. The van der Waals surface area contributed by atoms with Crippen molar-refractivity contribution in [2.45, 2.75) is 32.2 Å². The van der Waals surface area contributed by atoms with Crippen LogP contribution in [-0.2, 0) is 32.1 Å². The number of ether oxygens (including phenoxy) is 4. The highest BCUT2D eigenvalue weighted by atomic mass is 16.6. The highest BCUT2D eigenvalue weighted by molar-refractivity contribution is 5.65. The van der Waals surface area contributed by atoms with Gasteiger partial charge in [0.25, 0.3) is 0 Å². The van der Waals surface area contributed by atoms with Crippen molar-refractivity contribution in [2.24, 2.45) is 0 Å². The zero-order valence-electron chi connectivity index (χ0n) is 20.6. The molecule has 0 unspecified atom stereocenters. The Bertz CT molecular complexity index is 838. The van der Waals surface area contributed by atoms with Crippen LogP contribution in [0.5, 0.6) is 0 Å². The van der Waals surface area contributed by atoms with Crippen LogP contribution >= 0.6 is 0 Å². The highest BCUT2D eigenvalue weighted by Crippen LogP contribution is 2.19. The molecule has 3 rings (SSSR count). The number of rotatable bonds is 15. The van der Waals surface area contributed by atoms with Crippen LogP contribution in [0.1, 0.15) is 18.1 Å². The van der Waals surface area contributed by atoms with Crippen molar-refractivity contribution in [2.75, 3.05) is 59.3 Å². The van der Waals surface area contributed by atoms with Crippen LogP contribution < -0.4 is 0 Å². The van der Waals surface area contributed by atoms with E-state index in [1.54, 1.807) is 0 Å². The van der Waals surface area contributed by atoms with E-state index in [0.29, 0.717) is 65.9 Å². The summed E-state index contributed by atoms with van der Waals surface area (Å²) in [5.41, 5.74) is 2.36. The third-order valence-corrected chi connectivity index (χ3v) is 5.97. The zero-order chi connectivity index (χ0) is 24.7. The van der Waals surface area contributed by atoms with E-state index in [9.17, 15) is 9.90 Å². The smallest absolute Gasteiger partial charge is 0.407 e. The molecule has 1 fully saturated rings. The number of hydrogen-bond acceptors (Lipinski definition) is 6. The van der Waals surface area contributed by atoms with Gasteiger partial charge in [-0.05, 0) is 18.1 Å². The fourth-order valence-electron chi connectivity index (χ4n) is 4.09. The van der Waals surface area contributed by atoms with E-state index in [4.69, 9.17) is 18.9 Å². The summed E-state index contributed by atoms with van der Waals surface area (Å²) in [5, 5.41) is 9.54. The lowest BCUT2D eigenvalue weighted by Gasteiger charge is -2.44. The average molecular weight is 487 g/mol. The molecule has 1 N–H and O–H groups in total. The van der Waals surface area contributed by atoms with Crippen LogP contribution in [0.3, 0.4) is 0 Å². The van der Waals surface area contributed by atoms with Crippen molar-refractivity contribution in [3.05, 3.63) is 71.8 Å². The van der Waals surface area contributed by atoms with Gasteiger partial charge in [-0.2, -0.15) is 0 Å². The summed E-state index contributed by atoms with van der Waals surface area (Å²) in [4.78, 5) is 15.4. The third-order valence-electron chi connectivity index (χ3n) is 5.97. The minimum atomic E-state index is -0.879. The number of amides is 1. The largest absolute Gasteiger partial charge is 0.465 e. The molecular formula is C27H38N2O6. The van der Waals surface area contributed by atoms with Gasteiger partial charge in [-0.15, -0.1) is 0 Å². The first kappa shape index (κ1) is 27.1.